The van der Waals surface area contributed by atoms with E-state index >= 15 is 0 Å². The van der Waals surface area contributed by atoms with Crippen molar-refractivity contribution in [3.8, 4) is 10.7 Å². The predicted octanol–water partition coefficient (Wildman–Crippen LogP) is 6.33. The van der Waals surface area contributed by atoms with Gasteiger partial charge in [-0.15, -0.1) is 22.7 Å². The zero-order valence-electron chi connectivity index (χ0n) is 18.4. The zero-order chi connectivity index (χ0) is 22.8. The lowest BCUT2D eigenvalue weighted by molar-refractivity contribution is 0.397. The molecule has 8 heteroatoms. The lowest BCUT2D eigenvalue weighted by Crippen LogP contribution is -2.46. The molecular weight excluding hydrogens is 469 g/mol. The first-order chi connectivity index (χ1) is 16.1. The third-order valence-corrected chi connectivity index (χ3v) is 8.02. The maximum atomic E-state index is 5.82. The molecule has 0 saturated heterocycles. The van der Waals surface area contributed by atoms with E-state index in [0.29, 0.717) is 11.7 Å². The second kappa shape index (κ2) is 9.59. The van der Waals surface area contributed by atoms with Crippen molar-refractivity contribution < 1.29 is 4.52 Å². The third-order valence-electron chi connectivity index (χ3n) is 5.88. The van der Waals surface area contributed by atoms with Gasteiger partial charge in [-0.25, -0.2) is 0 Å². The van der Waals surface area contributed by atoms with E-state index in [0.717, 1.165) is 46.2 Å². The molecule has 168 valence electrons. The maximum Gasteiger partial charge on any atom is 0.258 e. The quantitative estimate of drug-likeness (QED) is 0.304. The van der Waals surface area contributed by atoms with Crippen molar-refractivity contribution in [1.82, 2.24) is 20.4 Å². The van der Waals surface area contributed by atoms with Crippen molar-refractivity contribution in [1.29, 1.82) is 0 Å². The monoisotopic (exact) mass is 492 g/mol. The number of aromatic nitrogens is 2. The Morgan fingerprint density at radius 3 is 2.58 bits per heavy atom. The number of aryl methyl sites for hydroxylation is 1. The van der Waals surface area contributed by atoms with Gasteiger partial charge < -0.3 is 14.7 Å². The van der Waals surface area contributed by atoms with Crippen LogP contribution in [0.15, 0.2) is 69.5 Å². The van der Waals surface area contributed by atoms with E-state index in [1.54, 1.807) is 22.7 Å². The van der Waals surface area contributed by atoms with Crippen LogP contribution in [0.2, 0.25) is 0 Å². The van der Waals surface area contributed by atoms with Crippen molar-refractivity contribution in [2.75, 3.05) is 6.54 Å². The van der Waals surface area contributed by atoms with Gasteiger partial charge in [0.25, 0.3) is 5.89 Å². The molecule has 3 aromatic heterocycles. The summed E-state index contributed by atoms with van der Waals surface area (Å²) in [7, 11) is 0. The molecular formula is C25H24N4OS3. The molecule has 33 heavy (non-hydrogen) atoms. The van der Waals surface area contributed by atoms with Crippen molar-refractivity contribution in [2.24, 2.45) is 0 Å². The van der Waals surface area contributed by atoms with Crippen molar-refractivity contribution >= 4 is 45.6 Å². The summed E-state index contributed by atoms with van der Waals surface area (Å²) in [5.41, 5.74) is 4.43. The Morgan fingerprint density at radius 1 is 1.09 bits per heavy atom. The minimum Gasteiger partial charge on any atom is -0.351 e. The number of benzene rings is 1. The second-order valence-corrected chi connectivity index (χ2v) is 10.2. The van der Waals surface area contributed by atoms with Crippen LogP contribution in [-0.4, -0.2) is 26.7 Å². The Kier molecular flexibility index (Phi) is 6.39. The van der Waals surface area contributed by atoms with Crippen LogP contribution in [-0.2, 0) is 12.8 Å². The summed E-state index contributed by atoms with van der Waals surface area (Å²) in [6.45, 7) is 5.04. The van der Waals surface area contributed by atoms with E-state index in [1.165, 1.54) is 10.4 Å². The average molecular weight is 493 g/mol. The highest BCUT2D eigenvalue weighted by atomic mass is 32.1. The summed E-state index contributed by atoms with van der Waals surface area (Å²) >= 11 is 9.18. The van der Waals surface area contributed by atoms with Crippen LogP contribution >= 0.6 is 34.9 Å². The smallest absolute Gasteiger partial charge is 0.258 e. The highest BCUT2D eigenvalue weighted by molar-refractivity contribution is 7.80. The van der Waals surface area contributed by atoms with Crippen LogP contribution in [0.5, 0.6) is 0 Å². The third kappa shape index (κ3) is 4.51. The fourth-order valence-corrected chi connectivity index (χ4v) is 5.73. The van der Waals surface area contributed by atoms with Crippen molar-refractivity contribution in [3.05, 3.63) is 86.9 Å². The largest absolute Gasteiger partial charge is 0.351 e. The fraction of sp³-hybridized carbons (Fsp3) is 0.240. The van der Waals surface area contributed by atoms with Gasteiger partial charge in [-0.1, -0.05) is 48.5 Å². The lowest BCUT2D eigenvalue weighted by atomic mass is 9.94. The van der Waals surface area contributed by atoms with Crippen LogP contribution in [0.1, 0.15) is 41.8 Å². The minimum absolute atomic E-state index is 0.155. The molecule has 1 atom stereocenters. The predicted molar refractivity (Wildman–Crippen MR) is 139 cm³/mol. The topological polar surface area (TPSA) is 54.2 Å². The average Bonchev–Trinajstić information content (AvgIpc) is 3.61. The highest BCUT2D eigenvalue weighted by Crippen LogP contribution is 2.38. The Labute approximate surface area is 206 Å². The molecule has 0 aliphatic carbocycles. The molecule has 1 N–H and O–H groups in total. The number of allylic oxidation sites excluding steroid dienone is 1. The van der Waals surface area contributed by atoms with E-state index in [1.807, 2.05) is 17.5 Å². The Balaban J connectivity index is 1.54. The van der Waals surface area contributed by atoms with Gasteiger partial charge in [-0.2, -0.15) is 4.98 Å². The normalized spacial score (nSPS) is 16.4. The van der Waals surface area contributed by atoms with Gasteiger partial charge in [-0.3, -0.25) is 0 Å². The molecule has 1 aliphatic rings. The first-order valence-corrected chi connectivity index (χ1v) is 13.1. The SMILES string of the molecule is CCc1ccc(C2NC(=S)N(CCc3cccs3)C(C)=C2c2nc(-c3cccs3)no2)cc1. The molecule has 0 fully saturated rings. The van der Waals surface area contributed by atoms with Gasteiger partial charge in [0.1, 0.15) is 0 Å². The molecule has 5 rings (SSSR count). The first-order valence-electron chi connectivity index (χ1n) is 10.9. The summed E-state index contributed by atoms with van der Waals surface area (Å²) in [4.78, 5) is 9.24. The van der Waals surface area contributed by atoms with Crippen LogP contribution in [0.3, 0.4) is 0 Å². The molecule has 1 aromatic carbocycles. The molecule has 4 aromatic rings. The molecule has 0 radical (unpaired) electrons. The van der Waals surface area contributed by atoms with E-state index < -0.39 is 0 Å². The summed E-state index contributed by atoms with van der Waals surface area (Å²) in [5.74, 6) is 1.13. The number of rotatable bonds is 7. The van der Waals surface area contributed by atoms with E-state index in [4.69, 9.17) is 21.7 Å². The molecule has 4 heterocycles. The van der Waals surface area contributed by atoms with Gasteiger partial charge in [0, 0.05) is 17.1 Å². The molecule has 5 nitrogen and oxygen atoms in total. The van der Waals surface area contributed by atoms with Gasteiger partial charge in [0.05, 0.1) is 16.5 Å². The van der Waals surface area contributed by atoms with E-state index in [9.17, 15) is 0 Å². The Hall–Kier alpha value is -2.81. The molecule has 0 bridgehead atoms. The number of nitrogens with zero attached hydrogens (tertiary/aromatic N) is 3. The number of thiocarbonyl (C=S) groups is 1. The standard InChI is InChI=1S/C25H24N4OS3/c1-3-17-8-10-18(11-9-17)22-21(24-27-23(28-30-24)20-7-5-15-33-20)16(2)29(25(31)26-22)13-12-19-6-4-14-32-19/h4-11,14-15,22H,3,12-13H2,1-2H3,(H,26,31). The van der Waals surface area contributed by atoms with Crippen molar-refractivity contribution in [3.63, 3.8) is 0 Å². The molecule has 0 saturated carbocycles. The van der Waals surface area contributed by atoms with Crippen LogP contribution in [0.4, 0.5) is 0 Å². The summed E-state index contributed by atoms with van der Waals surface area (Å²) < 4.78 is 5.81. The highest BCUT2D eigenvalue weighted by Gasteiger charge is 2.34. The Bertz CT molecular complexity index is 1260. The molecule has 1 unspecified atom stereocenters. The first kappa shape index (κ1) is 22.0. The Morgan fingerprint density at radius 2 is 1.88 bits per heavy atom. The van der Waals surface area contributed by atoms with Crippen LogP contribution in [0, 0.1) is 0 Å². The number of nitrogens with one attached hydrogen (secondary N) is 1. The summed E-state index contributed by atoms with van der Waals surface area (Å²) in [5, 5.41) is 12.7. The van der Waals surface area contributed by atoms with Crippen molar-refractivity contribution in [2.45, 2.75) is 32.7 Å². The van der Waals surface area contributed by atoms with Gasteiger partial charge in [0.2, 0.25) is 5.82 Å². The van der Waals surface area contributed by atoms with Gasteiger partial charge in [0.15, 0.2) is 5.11 Å². The van der Waals surface area contributed by atoms with Gasteiger partial charge >= 0.3 is 0 Å². The number of hydrogen-bond donors (Lipinski definition) is 1. The van der Waals surface area contributed by atoms with E-state index in [2.05, 4.69) is 71.0 Å². The maximum absolute atomic E-state index is 5.82. The number of hydrogen-bond acceptors (Lipinski definition) is 6. The zero-order valence-corrected chi connectivity index (χ0v) is 20.9. The van der Waals surface area contributed by atoms with Crippen LogP contribution < -0.4 is 5.32 Å². The molecule has 0 amide bonds. The van der Waals surface area contributed by atoms with E-state index in [-0.39, 0.29) is 6.04 Å². The fourth-order valence-electron chi connectivity index (χ4n) is 4.04. The molecule has 0 spiro atoms. The molecule has 1 aliphatic heterocycles. The summed E-state index contributed by atoms with van der Waals surface area (Å²) in [6.07, 6.45) is 1.92. The van der Waals surface area contributed by atoms with Gasteiger partial charge in [-0.05, 0) is 66.0 Å². The summed E-state index contributed by atoms with van der Waals surface area (Å²) in [6, 6.07) is 16.7. The van der Waals surface area contributed by atoms with Crippen LogP contribution in [0.25, 0.3) is 16.3 Å². The second-order valence-electron chi connectivity index (χ2n) is 7.86. The number of thiophene rings is 2. The minimum atomic E-state index is -0.155. The lowest BCUT2D eigenvalue weighted by Gasteiger charge is -2.37.